The van der Waals surface area contributed by atoms with Gasteiger partial charge in [0.1, 0.15) is 5.82 Å². The first-order valence-electron chi connectivity index (χ1n) is 13.4. The number of hydrogen-bond donors (Lipinski definition) is 1. The Bertz CT molecular complexity index is 1280. The molecule has 1 atom stereocenters. The van der Waals surface area contributed by atoms with Gasteiger partial charge in [-0.25, -0.2) is 16.8 Å². The van der Waals surface area contributed by atoms with Gasteiger partial charge in [-0.15, -0.1) is 0 Å². The normalized spacial score (nSPS) is 13.3. The van der Waals surface area contributed by atoms with Crippen LogP contribution in [0.25, 0.3) is 0 Å². The molecule has 39 heavy (non-hydrogen) atoms. The van der Waals surface area contributed by atoms with Gasteiger partial charge in [0.05, 0.1) is 32.3 Å². The van der Waals surface area contributed by atoms with Crippen molar-refractivity contribution in [2.75, 3.05) is 27.4 Å². The third-order valence-electron chi connectivity index (χ3n) is 6.76. The Morgan fingerprint density at radius 3 is 2.38 bits per heavy atom. The van der Waals surface area contributed by atoms with E-state index in [0.717, 1.165) is 56.2 Å². The van der Waals surface area contributed by atoms with Crippen LogP contribution in [0.3, 0.4) is 0 Å². The number of hydrogen-bond acceptors (Lipinski definition) is 6. The minimum atomic E-state index is -3.72. The van der Waals surface area contributed by atoms with Crippen LogP contribution in [0.2, 0.25) is 0 Å². The van der Waals surface area contributed by atoms with Gasteiger partial charge in [-0.3, -0.25) is 0 Å². The molecule has 0 amide bonds. The second-order valence-electron chi connectivity index (χ2n) is 10.0. The Labute approximate surface area is 232 Å². The van der Waals surface area contributed by atoms with Crippen molar-refractivity contribution in [1.29, 1.82) is 0 Å². The molecule has 3 rings (SSSR count). The molecule has 214 valence electrons. The summed E-state index contributed by atoms with van der Waals surface area (Å²) in [5.41, 5.74) is 1.82. The maximum Gasteiger partial charge on any atom is 0.267 e. The summed E-state index contributed by atoms with van der Waals surface area (Å²) in [7, 11) is -0.733. The largest absolute Gasteiger partial charge is 0.493 e. The first kappa shape index (κ1) is 30.7. The van der Waals surface area contributed by atoms with Crippen LogP contribution in [0.1, 0.15) is 57.1 Å². The Balaban J connectivity index is 1.43. The summed E-state index contributed by atoms with van der Waals surface area (Å²) in [6.45, 7) is 6.27. The number of rotatable bonds is 17. The van der Waals surface area contributed by atoms with Crippen LogP contribution in [-0.4, -0.2) is 45.3 Å². The maximum atomic E-state index is 13.1. The van der Waals surface area contributed by atoms with E-state index in [-0.39, 0.29) is 16.3 Å². The number of nitrogens with one attached hydrogen (secondary N) is 1. The highest BCUT2D eigenvalue weighted by molar-refractivity contribution is 7.90. The van der Waals surface area contributed by atoms with Crippen LogP contribution in [0.4, 0.5) is 4.39 Å². The number of halogens is 1. The molecule has 0 radical (unpaired) electrons. The molecule has 1 aromatic heterocycles. The summed E-state index contributed by atoms with van der Waals surface area (Å²) < 4.78 is 56.9. The zero-order valence-corrected chi connectivity index (χ0v) is 24.2. The van der Waals surface area contributed by atoms with Crippen molar-refractivity contribution in [3.63, 3.8) is 0 Å². The molecule has 0 bridgehead atoms. The number of benzene rings is 2. The molecule has 0 aliphatic carbocycles. The fourth-order valence-electron chi connectivity index (χ4n) is 4.57. The lowest BCUT2D eigenvalue weighted by atomic mass is 9.97. The topological polar surface area (TPSA) is 78.8 Å². The molecule has 7 nitrogen and oxygen atoms in total. The van der Waals surface area contributed by atoms with E-state index in [1.54, 1.807) is 30.6 Å². The van der Waals surface area contributed by atoms with E-state index in [0.29, 0.717) is 24.7 Å². The van der Waals surface area contributed by atoms with Crippen LogP contribution in [0.5, 0.6) is 11.5 Å². The third-order valence-corrected chi connectivity index (χ3v) is 8.39. The number of unbranched alkanes of at least 4 members (excludes halogenated alkanes) is 2. The predicted molar refractivity (Wildman–Crippen MR) is 151 cm³/mol. The summed E-state index contributed by atoms with van der Waals surface area (Å²) in [6.07, 6.45) is 9.13. The first-order valence-corrected chi connectivity index (χ1v) is 14.9. The summed E-state index contributed by atoms with van der Waals surface area (Å²) in [6, 6.07) is 12.8. The van der Waals surface area contributed by atoms with Gasteiger partial charge in [0, 0.05) is 24.0 Å². The molecule has 2 aromatic carbocycles. The SMILES string of the molecule is CCC[C@@](C)(COCc1ccc(F)cc1)NCCCCCc1ccn(S(=O)(=O)c2ccc(OC)c(OC)c2)c1. The quantitative estimate of drug-likeness (QED) is 0.205. The average molecular weight is 561 g/mol. The van der Waals surface area contributed by atoms with Gasteiger partial charge in [0.2, 0.25) is 0 Å². The number of nitrogens with zero attached hydrogens (tertiary/aromatic N) is 1. The number of aromatic nitrogens is 1. The molecule has 0 saturated heterocycles. The highest BCUT2D eigenvalue weighted by Gasteiger charge is 2.23. The van der Waals surface area contributed by atoms with Gasteiger partial charge < -0.3 is 19.5 Å². The second kappa shape index (κ2) is 14.5. The zero-order valence-electron chi connectivity index (χ0n) is 23.4. The van der Waals surface area contributed by atoms with Gasteiger partial charge >= 0.3 is 0 Å². The minimum Gasteiger partial charge on any atom is -0.493 e. The van der Waals surface area contributed by atoms with Crippen molar-refractivity contribution in [2.45, 2.75) is 69.4 Å². The molecule has 0 fully saturated rings. The molecule has 1 heterocycles. The van der Waals surface area contributed by atoms with E-state index in [1.807, 2.05) is 6.07 Å². The fourth-order valence-corrected chi connectivity index (χ4v) is 5.81. The van der Waals surface area contributed by atoms with Crippen molar-refractivity contribution in [1.82, 2.24) is 9.29 Å². The van der Waals surface area contributed by atoms with E-state index in [9.17, 15) is 12.8 Å². The molecule has 3 aromatic rings. The Morgan fingerprint density at radius 2 is 1.69 bits per heavy atom. The van der Waals surface area contributed by atoms with Crippen LogP contribution < -0.4 is 14.8 Å². The van der Waals surface area contributed by atoms with E-state index in [4.69, 9.17) is 14.2 Å². The standard InChI is InChI=1S/C30H41FN2O5S/c1-5-17-30(2,23-38-22-25-10-12-26(31)13-11-25)32-18-8-6-7-9-24-16-19-33(21-24)39(34,35)27-14-15-28(36-3)29(20-27)37-4/h10-16,19-21,32H,5-9,17-18,22-23H2,1-4H3/t30-/m0/s1. The van der Waals surface area contributed by atoms with Crippen LogP contribution in [-0.2, 0) is 27.8 Å². The molecule has 1 N–H and O–H groups in total. The molecule has 0 unspecified atom stereocenters. The molecule has 0 saturated carbocycles. The smallest absolute Gasteiger partial charge is 0.267 e. The summed E-state index contributed by atoms with van der Waals surface area (Å²) in [4.78, 5) is 0.144. The van der Waals surface area contributed by atoms with Crippen LogP contribution in [0.15, 0.2) is 65.8 Å². The lowest BCUT2D eigenvalue weighted by molar-refractivity contribution is 0.0599. The van der Waals surface area contributed by atoms with Gasteiger partial charge in [-0.2, -0.15) is 0 Å². The third kappa shape index (κ3) is 8.81. The number of ether oxygens (including phenoxy) is 3. The summed E-state index contributed by atoms with van der Waals surface area (Å²) in [5.74, 6) is 0.606. The second-order valence-corrected chi connectivity index (χ2v) is 11.9. The molecule has 0 aliphatic rings. The van der Waals surface area contributed by atoms with E-state index < -0.39 is 10.0 Å². The monoisotopic (exact) mass is 560 g/mol. The van der Waals surface area contributed by atoms with E-state index in [2.05, 4.69) is 19.2 Å². The van der Waals surface area contributed by atoms with Gasteiger partial charge in [-0.05, 0) is 80.6 Å². The summed E-state index contributed by atoms with van der Waals surface area (Å²) in [5, 5.41) is 3.66. The van der Waals surface area contributed by atoms with Gasteiger partial charge in [0.25, 0.3) is 10.0 Å². The molecule has 0 aliphatic heterocycles. The number of methoxy groups -OCH3 is 2. The lowest BCUT2D eigenvalue weighted by Crippen LogP contribution is -2.46. The van der Waals surface area contributed by atoms with Crippen LogP contribution in [0, 0.1) is 5.82 Å². The molecule has 9 heteroatoms. The Kier molecular flexibility index (Phi) is 11.4. The van der Waals surface area contributed by atoms with Crippen molar-refractivity contribution in [3.8, 4) is 11.5 Å². The zero-order chi connectivity index (χ0) is 28.3. The molecular formula is C30H41FN2O5S. The van der Waals surface area contributed by atoms with Crippen molar-refractivity contribution in [2.24, 2.45) is 0 Å². The molecule has 0 spiro atoms. The maximum absolute atomic E-state index is 13.1. The molecular weight excluding hydrogens is 519 g/mol. The number of aryl methyl sites for hydroxylation is 1. The van der Waals surface area contributed by atoms with Gasteiger partial charge in [-0.1, -0.05) is 31.9 Å². The fraction of sp³-hybridized carbons (Fsp3) is 0.467. The van der Waals surface area contributed by atoms with E-state index >= 15 is 0 Å². The van der Waals surface area contributed by atoms with Gasteiger partial charge in [0.15, 0.2) is 11.5 Å². The minimum absolute atomic E-state index is 0.121. The average Bonchev–Trinajstić information content (AvgIpc) is 3.41. The lowest BCUT2D eigenvalue weighted by Gasteiger charge is -2.31. The van der Waals surface area contributed by atoms with Crippen molar-refractivity contribution in [3.05, 3.63) is 77.9 Å². The van der Waals surface area contributed by atoms with Crippen LogP contribution >= 0.6 is 0 Å². The predicted octanol–water partition coefficient (Wildman–Crippen LogP) is 5.96. The Hall–Kier alpha value is -2.88. The highest BCUT2D eigenvalue weighted by atomic mass is 32.2. The highest BCUT2D eigenvalue weighted by Crippen LogP contribution is 2.30. The van der Waals surface area contributed by atoms with E-state index in [1.165, 1.54) is 42.5 Å². The Morgan fingerprint density at radius 1 is 0.949 bits per heavy atom. The van der Waals surface area contributed by atoms with Crippen molar-refractivity contribution < 1.29 is 27.0 Å². The first-order chi connectivity index (χ1) is 18.7. The van der Waals surface area contributed by atoms with Crippen molar-refractivity contribution >= 4 is 10.0 Å². The summed E-state index contributed by atoms with van der Waals surface area (Å²) >= 11 is 0.